The standard InChI is InChI=1S/C18H32N2O/c1-2-15(13-8-4-3-5-9-13)20-18(21)17-12-14-10-6-7-11-16(14)19-17/h13-17,19H,2-12H2,1H3,(H,20,21). The van der Waals surface area contributed by atoms with Gasteiger partial charge in [0.25, 0.3) is 0 Å². The maximum absolute atomic E-state index is 12.6. The van der Waals surface area contributed by atoms with Gasteiger partial charge in [0.05, 0.1) is 6.04 Å². The molecule has 1 aliphatic heterocycles. The summed E-state index contributed by atoms with van der Waals surface area (Å²) in [4.78, 5) is 12.6. The number of fused-ring (bicyclic) bond motifs is 1. The van der Waals surface area contributed by atoms with Gasteiger partial charge in [0.1, 0.15) is 0 Å². The van der Waals surface area contributed by atoms with Gasteiger partial charge in [-0.15, -0.1) is 0 Å². The van der Waals surface area contributed by atoms with Crippen LogP contribution in [0.3, 0.4) is 0 Å². The van der Waals surface area contributed by atoms with E-state index in [1.807, 2.05) is 0 Å². The monoisotopic (exact) mass is 292 g/mol. The van der Waals surface area contributed by atoms with Crippen LogP contribution in [-0.4, -0.2) is 24.0 Å². The van der Waals surface area contributed by atoms with Crippen molar-refractivity contribution in [3.63, 3.8) is 0 Å². The average Bonchev–Trinajstić information content (AvgIpc) is 2.97. The Labute approximate surface area is 129 Å². The summed E-state index contributed by atoms with van der Waals surface area (Å²) in [6, 6.07) is 1.10. The van der Waals surface area contributed by atoms with Gasteiger partial charge in [-0.25, -0.2) is 0 Å². The fourth-order valence-corrected chi connectivity index (χ4v) is 4.89. The first-order valence-electron chi connectivity index (χ1n) is 9.34. The molecule has 1 amide bonds. The largest absolute Gasteiger partial charge is 0.352 e. The maximum Gasteiger partial charge on any atom is 0.237 e. The molecular weight excluding hydrogens is 260 g/mol. The first-order chi connectivity index (χ1) is 10.3. The predicted octanol–water partition coefficient (Wildman–Crippen LogP) is 3.38. The lowest BCUT2D eigenvalue weighted by molar-refractivity contribution is -0.124. The van der Waals surface area contributed by atoms with Crippen LogP contribution < -0.4 is 10.6 Å². The second-order valence-corrected chi connectivity index (χ2v) is 7.53. The zero-order valence-electron chi connectivity index (χ0n) is 13.6. The molecule has 1 saturated heterocycles. The molecule has 0 aromatic rings. The van der Waals surface area contributed by atoms with Crippen LogP contribution in [0.1, 0.15) is 77.6 Å². The van der Waals surface area contributed by atoms with E-state index in [1.54, 1.807) is 0 Å². The molecule has 3 heteroatoms. The van der Waals surface area contributed by atoms with Crippen molar-refractivity contribution in [2.45, 2.75) is 95.7 Å². The zero-order valence-corrected chi connectivity index (χ0v) is 13.6. The van der Waals surface area contributed by atoms with Crippen molar-refractivity contribution < 1.29 is 4.79 Å². The lowest BCUT2D eigenvalue weighted by Crippen LogP contribution is -2.49. The Hall–Kier alpha value is -0.570. The molecule has 2 N–H and O–H groups in total. The average molecular weight is 292 g/mol. The summed E-state index contributed by atoms with van der Waals surface area (Å²) in [5.41, 5.74) is 0. The quantitative estimate of drug-likeness (QED) is 0.834. The summed E-state index contributed by atoms with van der Waals surface area (Å²) in [5.74, 6) is 1.75. The van der Waals surface area contributed by atoms with E-state index in [0.717, 1.165) is 24.7 Å². The molecule has 0 aromatic carbocycles. The smallest absolute Gasteiger partial charge is 0.237 e. The van der Waals surface area contributed by atoms with Gasteiger partial charge >= 0.3 is 0 Å². The molecule has 3 fully saturated rings. The topological polar surface area (TPSA) is 41.1 Å². The highest BCUT2D eigenvalue weighted by Crippen LogP contribution is 2.33. The van der Waals surface area contributed by atoms with E-state index < -0.39 is 0 Å². The van der Waals surface area contributed by atoms with E-state index in [0.29, 0.717) is 12.1 Å². The van der Waals surface area contributed by atoms with E-state index in [-0.39, 0.29) is 11.9 Å². The number of rotatable bonds is 4. The van der Waals surface area contributed by atoms with Crippen molar-refractivity contribution in [1.29, 1.82) is 0 Å². The van der Waals surface area contributed by atoms with Crippen molar-refractivity contribution in [3.05, 3.63) is 0 Å². The SMILES string of the molecule is CCC(NC(=O)C1CC2CCCCC2N1)C1CCCCC1. The van der Waals surface area contributed by atoms with Crippen LogP contribution in [0.15, 0.2) is 0 Å². The van der Waals surface area contributed by atoms with Gasteiger partial charge in [-0.2, -0.15) is 0 Å². The van der Waals surface area contributed by atoms with E-state index in [4.69, 9.17) is 0 Å². The molecule has 4 atom stereocenters. The fraction of sp³-hybridized carbons (Fsp3) is 0.944. The highest BCUT2D eigenvalue weighted by atomic mass is 16.2. The molecule has 2 saturated carbocycles. The number of hydrogen-bond donors (Lipinski definition) is 2. The zero-order chi connectivity index (χ0) is 14.7. The lowest BCUT2D eigenvalue weighted by Gasteiger charge is -2.31. The Morgan fingerprint density at radius 2 is 1.81 bits per heavy atom. The third-order valence-electron chi connectivity index (χ3n) is 6.17. The molecule has 0 radical (unpaired) electrons. The van der Waals surface area contributed by atoms with Gasteiger partial charge in [-0.3, -0.25) is 4.79 Å². The number of carbonyl (C=O) groups is 1. The minimum atomic E-state index is 0.0794. The summed E-state index contributed by atoms with van der Waals surface area (Å²) >= 11 is 0. The van der Waals surface area contributed by atoms with E-state index >= 15 is 0 Å². The van der Waals surface area contributed by atoms with E-state index in [1.165, 1.54) is 57.8 Å². The molecule has 120 valence electrons. The normalized spacial score (nSPS) is 35.2. The molecule has 0 bridgehead atoms. The van der Waals surface area contributed by atoms with Crippen molar-refractivity contribution >= 4 is 5.91 Å². The Balaban J connectivity index is 1.52. The maximum atomic E-state index is 12.6. The number of amides is 1. The van der Waals surface area contributed by atoms with Crippen LogP contribution in [0.5, 0.6) is 0 Å². The van der Waals surface area contributed by atoms with Crippen LogP contribution in [-0.2, 0) is 4.79 Å². The Morgan fingerprint density at radius 3 is 2.52 bits per heavy atom. The van der Waals surface area contributed by atoms with Gasteiger partial charge in [0.2, 0.25) is 5.91 Å². The van der Waals surface area contributed by atoms with Crippen LogP contribution in [0.25, 0.3) is 0 Å². The minimum absolute atomic E-state index is 0.0794. The Bertz CT molecular complexity index is 337. The van der Waals surface area contributed by atoms with Gasteiger partial charge in [0, 0.05) is 12.1 Å². The highest BCUT2D eigenvalue weighted by molar-refractivity contribution is 5.82. The first kappa shape index (κ1) is 15.3. The van der Waals surface area contributed by atoms with Gasteiger partial charge in [-0.1, -0.05) is 39.0 Å². The van der Waals surface area contributed by atoms with Crippen molar-refractivity contribution in [3.8, 4) is 0 Å². The van der Waals surface area contributed by atoms with Gasteiger partial charge in [-0.05, 0) is 50.4 Å². The first-order valence-corrected chi connectivity index (χ1v) is 9.34. The molecule has 3 rings (SSSR count). The lowest BCUT2D eigenvalue weighted by atomic mass is 9.82. The Morgan fingerprint density at radius 1 is 1.10 bits per heavy atom. The summed E-state index contributed by atoms with van der Waals surface area (Å²) in [6.07, 6.45) is 14.1. The molecule has 4 unspecified atom stereocenters. The molecule has 2 aliphatic carbocycles. The molecule has 0 spiro atoms. The van der Waals surface area contributed by atoms with E-state index in [9.17, 15) is 4.79 Å². The van der Waals surface area contributed by atoms with Crippen molar-refractivity contribution in [2.75, 3.05) is 0 Å². The summed E-state index contributed by atoms with van der Waals surface area (Å²) in [6.45, 7) is 2.22. The molecule has 21 heavy (non-hydrogen) atoms. The molecule has 3 aliphatic rings. The van der Waals surface area contributed by atoms with Crippen LogP contribution in [0, 0.1) is 11.8 Å². The number of carbonyl (C=O) groups excluding carboxylic acids is 1. The third-order valence-corrected chi connectivity index (χ3v) is 6.17. The number of hydrogen-bond acceptors (Lipinski definition) is 2. The molecule has 0 aromatic heterocycles. The van der Waals surface area contributed by atoms with E-state index in [2.05, 4.69) is 17.6 Å². The van der Waals surface area contributed by atoms with Crippen molar-refractivity contribution in [2.24, 2.45) is 11.8 Å². The fourth-order valence-electron chi connectivity index (χ4n) is 4.89. The third kappa shape index (κ3) is 3.61. The molecular formula is C18H32N2O. The van der Waals surface area contributed by atoms with Gasteiger partial charge < -0.3 is 10.6 Å². The van der Waals surface area contributed by atoms with Crippen LogP contribution in [0.2, 0.25) is 0 Å². The minimum Gasteiger partial charge on any atom is -0.352 e. The second kappa shape index (κ2) is 7.13. The van der Waals surface area contributed by atoms with Crippen LogP contribution in [0.4, 0.5) is 0 Å². The summed E-state index contributed by atoms with van der Waals surface area (Å²) in [5, 5.41) is 7.00. The van der Waals surface area contributed by atoms with Crippen molar-refractivity contribution in [1.82, 2.24) is 10.6 Å². The molecule has 3 nitrogen and oxygen atoms in total. The summed E-state index contributed by atoms with van der Waals surface area (Å²) < 4.78 is 0. The highest BCUT2D eigenvalue weighted by Gasteiger charge is 2.39. The predicted molar refractivity (Wildman–Crippen MR) is 86.1 cm³/mol. The van der Waals surface area contributed by atoms with Crippen LogP contribution >= 0.6 is 0 Å². The second-order valence-electron chi connectivity index (χ2n) is 7.53. The Kier molecular flexibility index (Phi) is 5.20. The summed E-state index contributed by atoms with van der Waals surface area (Å²) in [7, 11) is 0. The molecule has 1 heterocycles. The van der Waals surface area contributed by atoms with Gasteiger partial charge in [0.15, 0.2) is 0 Å². The number of nitrogens with one attached hydrogen (secondary N) is 2.